The van der Waals surface area contributed by atoms with Gasteiger partial charge in [0.25, 0.3) is 0 Å². The van der Waals surface area contributed by atoms with Crippen LogP contribution in [0.3, 0.4) is 0 Å². The third kappa shape index (κ3) is 5.03. The highest BCUT2D eigenvalue weighted by Crippen LogP contribution is 2.40. The number of nitrogens with zero attached hydrogens (tertiary/aromatic N) is 2. The molecular formula is C21H25F3N2O4S. The molecular weight excluding hydrogens is 433 g/mol. The Kier molecular flexibility index (Phi) is 4.67. The van der Waals surface area contributed by atoms with Gasteiger partial charge in [0.05, 0.1) is 11.4 Å². The van der Waals surface area contributed by atoms with Gasteiger partial charge in [-0.05, 0) is 44.1 Å². The van der Waals surface area contributed by atoms with Crippen molar-refractivity contribution in [2.24, 2.45) is 5.92 Å². The molecule has 10 heteroatoms. The molecule has 0 radical (unpaired) electrons. The monoisotopic (exact) mass is 464 g/mol. The first-order chi connectivity index (χ1) is 16.8. The van der Waals surface area contributed by atoms with Crippen molar-refractivity contribution in [1.29, 1.82) is 0 Å². The van der Waals surface area contributed by atoms with Gasteiger partial charge in [-0.15, -0.1) is 0 Å². The Labute approximate surface area is 188 Å². The second-order valence-corrected chi connectivity index (χ2v) is 9.47. The number of hydrogen-bond donors (Lipinski definition) is 2. The van der Waals surface area contributed by atoms with E-state index in [0.717, 1.165) is 4.31 Å². The van der Waals surface area contributed by atoms with Crippen LogP contribution in [-0.4, -0.2) is 61.4 Å². The fraction of sp³-hybridized carbons (Fsp3) is 0.429. The zero-order valence-corrected chi connectivity index (χ0v) is 17.0. The first kappa shape index (κ1) is 16.5. The zero-order chi connectivity index (χ0) is 28.0. The average Bonchev–Trinajstić information content (AvgIpc) is 2.75. The van der Waals surface area contributed by atoms with E-state index in [1.54, 1.807) is 0 Å². The van der Waals surface area contributed by atoms with Crippen LogP contribution in [0.15, 0.2) is 36.4 Å². The molecule has 0 aliphatic carbocycles. The standard InChI is InChI=1S/C21H25F3N2O4S/c1-25(2)11-16-12-26(7-6-21(16,28)15-4-3-5-17(27)9-15)31(29,30)13-14-8-19(23)20(24)10-18(14)22/h3-5,8-10,16,27-28H,6-7,11-13H2,1-2H3/i1D3,2D3. The first-order valence-electron chi connectivity index (χ1n) is 12.3. The van der Waals surface area contributed by atoms with E-state index in [1.807, 2.05) is 0 Å². The van der Waals surface area contributed by atoms with Gasteiger partial charge >= 0.3 is 0 Å². The minimum Gasteiger partial charge on any atom is -0.508 e. The van der Waals surface area contributed by atoms with Crippen molar-refractivity contribution in [1.82, 2.24) is 9.21 Å². The Bertz CT molecular complexity index is 1250. The number of halogens is 3. The normalized spacial score (nSPS) is 26.4. The number of rotatable bonds is 6. The van der Waals surface area contributed by atoms with Crippen LogP contribution in [0.4, 0.5) is 13.2 Å². The highest BCUT2D eigenvalue weighted by atomic mass is 32.2. The molecule has 0 bridgehead atoms. The second kappa shape index (κ2) is 8.78. The largest absolute Gasteiger partial charge is 0.508 e. The molecule has 1 aliphatic rings. The van der Waals surface area contributed by atoms with E-state index in [4.69, 9.17) is 8.22 Å². The molecule has 0 amide bonds. The van der Waals surface area contributed by atoms with Gasteiger partial charge in [0.2, 0.25) is 10.0 Å². The van der Waals surface area contributed by atoms with Crippen LogP contribution >= 0.6 is 0 Å². The highest BCUT2D eigenvalue weighted by molar-refractivity contribution is 7.88. The van der Waals surface area contributed by atoms with E-state index in [0.29, 0.717) is 6.07 Å². The first-order valence-corrected chi connectivity index (χ1v) is 10.9. The summed E-state index contributed by atoms with van der Waals surface area (Å²) in [7, 11) is -4.42. The van der Waals surface area contributed by atoms with Gasteiger partial charge < -0.3 is 15.1 Å². The third-order valence-electron chi connectivity index (χ3n) is 5.41. The molecule has 0 saturated carbocycles. The average molecular weight is 465 g/mol. The topological polar surface area (TPSA) is 81.1 Å². The summed E-state index contributed by atoms with van der Waals surface area (Å²) in [6.45, 7) is -8.01. The molecule has 1 saturated heterocycles. The fourth-order valence-electron chi connectivity index (χ4n) is 3.79. The van der Waals surface area contributed by atoms with Gasteiger partial charge in [-0.2, -0.15) is 0 Å². The van der Waals surface area contributed by atoms with Crippen molar-refractivity contribution in [3.05, 3.63) is 65.0 Å². The van der Waals surface area contributed by atoms with E-state index < -0.39 is 77.4 Å². The molecule has 1 heterocycles. The lowest BCUT2D eigenvalue weighted by Crippen LogP contribution is -2.54. The predicted molar refractivity (Wildman–Crippen MR) is 109 cm³/mol. The summed E-state index contributed by atoms with van der Waals surface area (Å²) < 4.78 is 114. The van der Waals surface area contributed by atoms with E-state index in [-0.39, 0.29) is 35.2 Å². The molecule has 6 nitrogen and oxygen atoms in total. The Hall–Kier alpha value is -2.14. The molecule has 170 valence electrons. The maximum absolute atomic E-state index is 14.1. The number of aliphatic hydroxyl groups is 1. The number of piperidine rings is 1. The molecule has 2 aromatic carbocycles. The molecule has 31 heavy (non-hydrogen) atoms. The lowest BCUT2D eigenvalue weighted by molar-refractivity contribution is -0.0699. The Morgan fingerprint density at radius 1 is 1.19 bits per heavy atom. The van der Waals surface area contributed by atoms with Crippen molar-refractivity contribution in [2.45, 2.75) is 17.8 Å². The molecule has 2 atom stereocenters. The van der Waals surface area contributed by atoms with Crippen molar-refractivity contribution in [3.63, 3.8) is 0 Å². The van der Waals surface area contributed by atoms with Crippen LogP contribution in [0.2, 0.25) is 0 Å². The van der Waals surface area contributed by atoms with Gasteiger partial charge in [0.1, 0.15) is 11.6 Å². The van der Waals surface area contributed by atoms with Gasteiger partial charge in [-0.25, -0.2) is 25.9 Å². The molecule has 1 aliphatic heterocycles. The van der Waals surface area contributed by atoms with Crippen LogP contribution in [0, 0.1) is 23.4 Å². The van der Waals surface area contributed by atoms with Crippen LogP contribution < -0.4 is 0 Å². The minimum absolute atomic E-state index is 0.109. The maximum atomic E-state index is 14.1. The summed E-state index contributed by atoms with van der Waals surface area (Å²) in [6, 6.07) is 5.96. The van der Waals surface area contributed by atoms with E-state index in [9.17, 15) is 31.8 Å². The SMILES string of the molecule is [2H]C([2H])([2H])N(CC1CN(S(=O)(=O)Cc2cc(F)c(F)cc2F)CCC1(O)c1cccc(O)c1)C([2H])([2H])[2H]. The summed E-state index contributed by atoms with van der Waals surface area (Å²) in [5, 5.41) is 21.5. The smallest absolute Gasteiger partial charge is 0.218 e. The number of phenols is 1. The van der Waals surface area contributed by atoms with Crippen LogP contribution in [0.25, 0.3) is 0 Å². The van der Waals surface area contributed by atoms with Gasteiger partial charge in [-0.3, -0.25) is 0 Å². The highest BCUT2D eigenvalue weighted by Gasteiger charge is 2.45. The molecule has 0 aromatic heterocycles. The molecule has 3 rings (SSSR count). The Morgan fingerprint density at radius 3 is 2.58 bits per heavy atom. The number of benzene rings is 2. The number of hydrogen-bond acceptors (Lipinski definition) is 5. The summed E-state index contributed by atoms with van der Waals surface area (Å²) in [4.78, 5) is 0.184. The number of phenolic OH excluding ortho intramolecular Hbond substituents is 1. The summed E-state index contributed by atoms with van der Waals surface area (Å²) in [5.74, 6) is -6.88. The zero-order valence-electron chi connectivity index (χ0n) is 22.2. The second-order valence-electron chi connectivity index (χ2n) is 7.50. The van der Waals surface area contributed by atoms with Crippen LogP contribution in [-0.2, 0) is 21.4 Å². The third-order valence-corrected chi connectivity index (χ3v) is 7.21. The minimum atomic E-state index is -4.42. The molecule has 1 fully saturated rings. The molecule has 2 aromatic rings. The van der Waals surface area contributed by atoms with Gasteiger partial charge in [-0.1, -0.05) is 12.1 Å². The van der Waals surface area contributed by atoms with Gasteiger partial charge in [0.15, 0.2) is 11.6 Å². The van der Waals surface area contributed by atoms with Gasteiger partial charge in [0, 0.05) is 45.4 Å². The summed E-state index contributed by atoms with van der Waals surface area (Å²) in [6.07, 6.45) is -0.337. The molecule has 0 spiro atoms. The number of aromatic hydroxyl groups is 1. The maximum Gasteiger partial charge on any atom is 0.218 e. The summed E-state index contributed by atoms with van der Waals surface area (Å²) >= 11 is 0. The Balaban J connectivity index is 2.00. The van der Waals surface area contributed by atoms with E-state index >= 15 is 0 Å². The number of sulfonamides is 1. The lowest BCUT2D eigenvalue weighted by atomic mass is 9.76. The van der Waals surface area contributed by atoms with Crippen molar-refractivity contribution in [3.8, 4) is 5.75 Å². The quantitative estimate of drug-likeness (QED) is 0.642. The van der Waals surface area contributed by atoms with Crippen LogP contribution in [0.1, 0.15) is 25.8 Å². The molecule has 2 unspecified atom stereocenters. The van der Waals surface area contributed by atoms with Crippen molar-refractivity contribution < 1.29 is 40.0 Å². The lowest BCUT2D eigenvalue weighted by Gasteiger charge is -2.45. The fourth-order valence-corrected chi connectivity index (χ4v) is 5.36. The Morgan fingerprint density at radius 2 is 1.90 bits per heavy atom. The van der Waals surface area contributed by atoms with Crippen molar-refractivity contribution >= 4 is 10.0 Å². The van der Waals surface area contributed by atoms with E-state index in [1.165, 1.54) is 24.3 Å². The van der Waals surface area contributed by atoms with Crippen molar-refractivity contribution in [2.75, 3.05) is 33.6 Å². The summed E-state index contributed by atoms with van der Waals surface area (Å²) in [5.41, 5.74) is -2.49. The van der Waals surface area contributed by atoms with E-state index in [2.05, 4.69) is 0 Å². The molecule has 2 N–H and O–H groups in total. The predicted octanol–water partition coefficient (Wildman–Crippen LogP) is 2.41. The van der Waals surface area contributed by atoms with Crippen LogP contribution in [0.5, 0.6) is 5.75 Å².